The average Bonchev–Trinajstić information content (AvgIpc) is 3.45. The van der Waals surface area contributed by atoms with Crippen molar-refractivity contribution in [1.82, 2.24) is 10.2 Å². The van der Waals surface area contributed by atoms with Crippen LogP contribution in [0, 0.1) is 3.57 Å². The Labute approximate surface area is 259 Å². The number of nitrogens with one attached hydrogen (secondary N) is 1. The molecule has 212 valence electrons. The molecule has 0 aromatic heterocycles. The number of benzene rings is 3. The van der Waals surface area contributed by atoms with Gasteiger partial charge in [-0.15, -0.1) is 0 Å². The van der Waals surface area contributed by atoms with E-state index >= 15 is 0 Å². The number of hydrogen-bond acceptors (Lipinski definition) is 4. The number of hydrogen-bond donors (Lipinski definition) is 1. The third kappa shape index (κ3) is 7.48. The number of carbonyl (C=O) groups excluding carboxylic acids is 2. The van der Waals surface area contributed by atoms with Crippen LogP contribution in [-0.4, -0.2) is 43.8 Å². The molecule has 0 aliphatic heterocycles. The molecule has 0 heterocycles. The summed E-state index contributed by atoms with van der Waals surface area (Å²) >= 11 is 14.6. The summed E-state index contributed by atoms with van der Waals surface area (Å²) in [5.41, 5.74) is 0.928. The summed E-state index contributed by atoms with van der Waals surface area (Å²) in [6.45, 7) is 1.14. The highest BCUT2D eigenvalue weighted by atomic mass is 127. The van der Waals surface area contributed by atoms with Crippen LogP contribution >= 0.6 is 45.8 Å². The lowest BCUT2D eigenvalue weighted by atomic mass is 10.1. The quantitative estimate of drug-likeness (QED) is 0.251. The number of anilines is 1. The van der Waals surface area contributed by atoms with Crippen LogP contribution in [0.4, 0.5) is 5.69 Å². The predicted octanol–water partition coefficient (Wildman–Crippen LogP) is 6.27. The molecule has 0 radical (unpaired) electrons. The van der Waals surface area contributed by atoms with Gasteiger partial charge in [-0.1, -0.05) is 60.3 Å². The fourth-order valence-corrected chi connectivity index (χ4v) is 6.93. The highest BCUT2D eigenvalue weighted by Gasteiger charge is 2.33. The van der Waals surface area contributed by atoms with Gasteiger partial charge in [0.05, 0.1) is 10.6 Å². The average molecular weight is 714 g/mol. The monoisotopic (exact) mass is 713 g/mol. The smallest absolute Gasteiger partial charge is 0.264 e. The molecule has 40 heavy (non-hydrogen) atoms. The molecule has 1 N–H and O–H groups in total. The van der Waals surface area contributed by atoms with E-state index in [-0.39, 0.29) is 23.4 Å². The number of halogens is 3. The van der Waals surface area contributed by atoms with Crippen molar-refractivity contribution in [2.75, 3.05) is 10.8 Å². The molecule has 0 bridgehead atoms. The molecular weight excluding hydrogens is 684 g/mol. The minimum absolute atomic E-state index is 0.00000171. The molecule has 11 heteroatoms. The van der Waals surface area contributed by atoms with E-state index in [0.29, 0.717) is 21.3 Å². The lowest BCUT2D eigenvalue weighted by Gasteiger charge is -2.32. The van der Waals surface area contributed by atoms with Gasteiger partial charge in [0.1, 0.15) is 12.6 Å². The second kappa shape index (κ2) is 13.5. The Morgan fingerprint density at radius 2 is 1.65 bits per heavy atom. The van der Waals surface area contributed by atoms with Gasteiger partial charge in [-0.05, 0) is 96.5 Å². The van der Waals surface area contributed by atoms with E-state index < -0.39 is 28.5 Å². The Bertz CT molecular complexity index is 1450. The summed E-state index contributed by atoms with van der Waals surface area (Å²) in [6.07, 6.45) is 3.88. The van der Waals surface area contributed by atoms with E-state index in [2.05, 4.69) is 27.9 Å². The molecule has 0 saturated heterocycles. The van der Waals surface area contributed by atoms with Gasteiger partial charge < -0.3 is 10.2 Å². The fraction of sp³-hybridized carbons (Fsp3) is 0.310. The van der Waals surface area contributed by atoms with E-state index in [1.807, 2.05) is 0 Å². The maximum atomic E-state index is 14.0. The summed E-state index contributed by atoms with van der Waals surface area (Å²) in [4.78, 5) is 28.7. The van der Waals surface area contributed by atoms with Crippen molar-refractivity contribution in [2.24, 2.45) is 0 Å². The number of nitrogens with zero attached hydrogens (tertiary/aromatic N) is 2. The van der Waals surface area contributed by atoms with Crippen LogP contribution in [0.25, 0.3) is 0 Å². The molecule has 0 unspecified atom stereocenters. The fourth-order valence-electron chi connectivity index (χ4n) is 4.66. The summed E-state index contributed by atoms with van der Waals surface area (Å²) in [6, 6.07) is 18.9. The summed E-state index contributed by atoms with van der Waals surface area (Å²) in [5, 5.41) is 3.84. The molecule has 7 nitrogen and oxygen atoms in total. The van der Waals surface area contributed by atoms with Crippen molar-refractivity contribution < 1.29 is 18.0 Å². The van der Waals surface area contributed by atoms with E-state index in [9.17, 15) is 18.0 Å². The molecule has 1 fully saturated rings. The number of rotatable bonds is 10. The van der Waals surface area contributed by atoms with Crippen LogP contribution in [-0.2, 0) is 26.2 Å². The zero-order valence-corrected chi connectivity index (χ0v) is 26.4. The van der Waals surface area contributed by atoms with E-state index in [4.69, 9.17) is 23.2 Å². The van der Waals surface area contributed by atoms with Gasteiger partial charge in [-0.2, -0.15) is 0 Å². The minimum atomic E-state index is -4.11. The molecule has 3 aromatic rings. The van der Waals surface area contributed by atoms with Crippen molar-refractivity contribution >= 4 is 73.3 Å². The van der Waals surface area contributed by atoms with Gasteiger partial charge in [-0.3, -0.25) is 13.9 Å². The zero-order valence-electron chi connectivity index (χ0n) is 21.9. The predicted molar refractivity (Wildman–Crippen MR) is 167 cm³/mol. The second-order valence-electron chi connectivity index (χ2n) is 9.72. The van der Waals surface area contributed by atoms with Crippen molar-refractivity contribution in [3.05, 3.63) is 92.0 Å². The molecule has 3 aromatic carbocycles. The van der Waals surface area contributed by atoms with Gasteiger partial charge in [0.25, 0.3) is 10.0 Å². The van der Waals surface area contributed by atoms with Gasteiger partial charge in [0.15, 0.2) is 0 Å². The molecule has 2 amide bonds. The molecule has 4 rings (SSSR count). The van der Waals surface area contributed by atoms with Crippen LogP contribution < -0.4 is 9.62 Å². The third-order valence-corrected chi connectivity index (χ3v) is 10.0. The van der Waals surface area contributed by atoms with Crippen LogP contribution in [0.2, 0.25) is 10.0 Å². The first-order valence-electron chi connectivity index (χ1n) is 12.9. The number of carbonyl (C=O) groups is 2. The Morgan fingerprint density at radius 1 is 1.00 bits per heavy atom. The lowest BCUT2D eigenvalue weighted by molar-refractivity contribution is -0.139. The number of sulfonamides is 1. The third-order valence-electron chi connectivity index (χ3n) is 6.95. The molecular formula is C29H30Cl2IN3O4S. The minimum Gasteiger partial charge on any atom is -0.352 e. The van der Waals surface area contributed by atoms with Crippen molar-refractivity contribution in [3.8, 4) is 0 Å². The van der Waals surface area contributed by atoms with Crippen molar-refractivity contribution in [3.63, 3.8) is 0 Å². The topological polar surface area (TPSA) is 86.8 Å². The van der Waals surface area contributed by atoms with E-state index in [1.54, 1.807) is 67.6 Å². The van der Waals surface area contributed by atoms with Gasteiger partial charge in [-0.25, -0.2) is 8.42 Å². The van der Waals surface area contributed by atoms with Crippen LogP contribution in [0.15, 0.2) is 77.7 Å². The molecule has 1 aliphatic rings. The maximum absolute atomic E-state index is 14.0. The lowest BCUT2D eigenvalue weighted by Crippen LogP contribution is -2.52. The Morgan fingerprint density at radius 3 is 2.27 bits per heavy atom. The molecule has 1 atom stereocenters. The maximum Gasteiger partial charge on any atom is 0.264 e. The normalized spacial score (nSPS) is 14.5. The van der Waals surface area contributed by atoms with Crippen LogP contribution in [0.3, 0.4) is 0 Å². The van der Waals surface area contributed by atoms with Crippen LogP contribution in [0.1, 0.15) is 38.2 Å². The van der Waals surface area contributed by atoms with Crippen molar-refractivity contribution in [1.29, 1.82) is 0 Å². The van der Waals surface area contributed by atoms with Crippen LogP contribution in [0.5, 0.6) is 0 Å². The first-order chi connectivity index (χ1) is 19.1. The highest BCUT2D eigenvalue weighted by molar-refractivity contribution is 14.1. The Kier molecular flexibility index (Phi) is 10.4. The first-order valence-corrected chi connectivity index (χ1v) is 16.2. The summed E-state index contributed by atoms with van der Waals surface area (Å²) in [7, 11) is -4.11. The summed E-state index contributed by atoms with van der Waals surface area (Å²) in [5.74, 6) is -0.838. The van der Waals surface area contributed by atoms with E-state index in [0.717, 1.165) is 33.6 Å². The van der Waals surface area contributed by atoms with E-state index in [1.165, 1.54) is 17.0 Å². The van der Waals surface area contributed by atoms with Gasteiger partial charge in [0, 0.05) is 26.2 Å². The summed E-state index contributed by atoms with van der Waals surface area (Å²) < 4.78 is 29.6. The Hall–Kier alpha value is -2.34. The second-order valence-corrected chi connectivity index (χ2v) is 13.7. The number of amides is 2. The highest BCUT2D eigenvalue weighted by Crippen LogP contribution is 2.27. The first kappa shape index (κ1) is 30.6. The van der Waals surface area contributed by atoms with Gasteiger partial charge >= 0.3 is 0 Å². The van der Waals surface area contributed by atoms with Gasteiger partial charge in [0.2, 0.25) is 11.8 Å². The molecule has 0 spiro atoms. The standard InChI is InChI=1S/C29H30Cl2IN3O4S/c1-20(29(37)33-24-7-5-6-8-24)34(18-21-11-12-22(30)17-27(21)31)28(36)19-35(25-15-13-23(32)14-16-25)40(38,39)26-9-3-2-4-10-26/h2-4,9-17,20,24H,5-8,18-19H2,1H3,(H,33,37)/t20-/m0/s1. The molecule has 1 saturated carbocycles. The SMILES string of the molecule is C[C@@H](C(=O)NC1CCCC1)N(Cc1ccc(Cl)cc1Cl)C(=O)CN(c1ccc(I)cc1)S(=O)(=O)c1ccccc1. The zero-order chi connectivity index (χ0) is 28.9. The Balaban J connectivity index is 1.69. The largest absolute Gasteiger partial charge is 0.352 e. The van der Waals surface area contributed by atoms with Crippen molar-refractivity contribution in [2.45, 2.75) is 56.1 Å². The molecule has 1 aliphatic carbocycles.